The van der Waals surface area contributed by atoms with Crippen molar-refractivity contribution in [1.29, 1.82) is 0 Å². The van der Waals surface area contributed by atoms with Gasteiger partial charge in [0.15, 0.2) is 28.8 Å². The van der Waals surface area contributed by atoms with Crippen LogP contribution in [0.4, 0.5) is 14.5 Å². The van der Waals surface area contributed by atoms with E-state index >= 15 is 0 Å². The van der Waals surface area contributed by atoms with Crippen LogP contribution in [0.2, 0.25) is 20.5 Å². The van der Waals surface area contributed by atoms with Gasteiger partial charge in [0.1, 0.15) is 22.7 Å². The number of nitrogens with one attached hydrogen (secondary N) is 1. The molecule has 0 aliphatic carbocycles. The van der Waals surface area contributed by atoms with E-state index in [4.69, 9.17) is 60.6 Å². The summed E-state index contributed by atoms with van der Waals surface area (Å²) in [5.74, 6) is -1.68. The van der Waals surface area contributed by atoms with Crippen molar-refractivity contribution >= 4 is 63.3 Å². The molecule has 3 heterocycles. The summed E-state index contributed by atoms with van der Waals surface area (Å²) in [6.45, 7) is -0.378. The molecule has 0 saturated carbocycles. The second kappa shape index (κ2) is 13.4. The molecule has 0 amide bonds. The highest BCUT2D eigenvalue weighted by molar-refractivity contribution is 6.34. The maximum atomic E-state index is 14.3. The van der Waals surface area contributed by atoms with Crippen molar-refractivity contribution in [3.63, 3.8) is 0 Å². The number of ether oxygens (including phenoxy) is 3. The van der Waals surface area contributed by atoms with Crippen LogP contribution >= 0.6 is 46.4 Å². The summed E-state index contributed by atoms with van der Waals surface area (Å²) < 4.78 is 45.3. The van der Waals surface area contributed by atoms with Crippen LogP contribution in [0.1, 0.15) is 5.56 Å². The minimum absolute atomic E-state index is 0.115. The van der Waals surface area contributed by atoms with Gasteiger partial charge in [-0.2, -0.15) is 0 Å². The Morgan fingerprint density at radius 3 is 2.26 bits per heavy atom. The number of methoxy groups -OCH3 is 2. The van der Waals surface area contributed by atoms with Crippen LogP contribution in [-0.4, -0.2) is 38.7 Å². The number of aromatic amines is 1. The molecule has 0 spiro atoms. The molecule has 1 N–H and O–H groups in total. The zero-order chi connectivity index (χ0) is 31.4. The van der Waals surface area contributed by atoms with Gasteiger partial charge >= 0.3 is 11.4 Å². The maximum absolute atomic E-state index is 14.3. The lowest BCUT2D eigenvalue weighted by Crippen LogP contribution is -2.16. The zero-order valence-corrected chi connectivity index (χ0v) is 24.9. The molecule has 11 nitrogen and oxygen atoms in total. The van der Waals surface area contributed by atoms with Crippen LogP contribution in [-0.2, 0) is 6.61 Å². The minimum atomic E-state index is -1.09. The third-order valence-electron chi connectivity index (χ3n) is 5.71. The van der Waals surface area contributed by atoms with Gasteiger partial charge in [0.2, 0.25) is 5.15 Å². The molecule has 43 heavy (non-hydrogen) atoms. The van der Waals surface area contributed by atoms with E-state index in [0.717, 1.165) is 6.07 Å². The predicted octanol–water partition coefficient (Wildman–Crippen LogP) is 7.19. The van der Waals surface area contributed by atoms with E-state index in [0.29, 0.717) is 5.52 Å². The molecule has 0 radical (unpaired) electrons. The van der Waals surface area contributed by atoms with Crippen LogP contribution in [0.3, 0.4) is 0 Å². The van der Waals surface area contributed by atoms with E-state index in [1.807, 2.05) is 0 Å². The summed E-state index contributed by atoms with van der Waals surface area (Å²) >= 11 is 23.2. The van der Waals surface area contributed by atoms with Gasteiger partial charge in [0, 0.05) is 18.2 Å². The third-order valence-corrected chi connectivity index (χ3v) is 6.71. The van der Waals surface area contributed by atoms with E-state index in [2.05, 4.69) is 15.0 Å². The molecule has 224 valence electrons. The molecule has 0 saturated heterocycles. The average molecular weight is 675 g/mol. The van der Waals surface area contributed by atoms with Gasteiger partial charge in [0.05, 0.1) is 40.9 Å². The number of nitrogens with zero attached hydrogens (tertiary/aromatic N) is 4. The van der Waals surface area contributed by atoms with Crippen molar-refractivity contribution in [1.82, 2.24) is 19.5 Å². The first-order valence-electron chi connectivity index (χ1n) is 11.7. The highest BCUT2D eigenvalue weighted by atomic mass is 35.5. The van der Waals surface area contributed by atoms with Gasteiger partial charge in [-0.1, -0.05) is 46.4 Å². The molecule has 3 aromatic heterocycles. The largest absolute Gasteiger partial charge is 0.496 e. The topological polar surface area (TPSA) is 134 Å². The minimum Gasteiger partial charge on any atom is -0.496 e. The van der Waals surface area contributed by atoms with E-state index in [1.165, 1.54) is 55.2 Å². The molecule has 0 fully saturated rings. The lowest BCUT2D eigenvalue weighted by atomic mass is 10.2. The highest BCUT2D eigenvalue weighted by Crippen LogP contribution is 2.37. The number of nitro groups is 1. The number of fused-ring (bicyclic) bond motifs is 1. The first-order chi connectivity index (χ1) is 20.4. The van der Waals surface area contributed by atoms with Crippen molar-refractivity contribution in [2.75, 3.05) is 14.2 Å². The van der Waals surface area contributed by atoms with Crippen LogP contribution in [0, 0.1) is 21.7 Å². The molecule has 0 unspecified atom stereocenters. The van der Waals surface area contributed by atoms with E-state index in [1.54, 1.807) is 6.07 Å². The van der Waals surface area contributed by atoms with Crippen molar-refractivity contribution in [2.45, 2.75) is 6.61 Å². The van der Waals surface area contributed by atoms with Gasteiger partial charge in [0.25, 0.3) is 0 Å². The number of hydrogen-bond donors (Lipinski definition) is 1. The van der Waals surface area contributed by atoms with Crippen molar-refractivity contribution in [2.24, 2.45) is 0 Å². The number of H-pyrrole nitrogens is 1. The van der Waals surface area contributed by atoms with Crippen LogP contribution in [0.15, 0.2) is 53.3 Å². The molecular formula is C26H17Cl4F2N5O6. The summed E-state index contributed by atoms with van der Waals surface area (Å²) in [6, 6.07) is 10.8. The van der Waals surface area contributed by atoms with Crippen LogP contribution < -0.4 is 19.9 Å². The molecule has 5 rings (SSSR count). The molecule has 0 bridgehead atoms. The molecule has 0 aliphatic rings. The number of halogens is 6. The fourth-order valence-corrected chi connectivity index (χ4v) is 4.54. The van der Waals surface area contributed by atoms with Crippen LogP contribution in [0.5, 0.6) is 17.2 Å². The molecule has 2 aromatic carbocycles. The number of aromatic nitrogens is 4. The van der Waals surface area contributed by atoms with Gasteiger partial charge in [-0.3, -0.25) is 10.1 Å². The third kappa shape index (κ3) is 6.91. The van der Waals surface area contributed by atoms with E-state index < -0.39 is 22.2 Å². The van der Waals surface area contributed by atoms with Gasteiger partial charge in [-0.15, -0.1) is 0 Å². The Morgan fingerprint density at radius 2 is 1.60 bits per heavy atom. The van der Waals surface area contributed by atoms with Gasteiger partial charge in [-0.25, -0.2) is 28.1 Å². The Labute approximate surface area is 260 Å². The lowest BCUT2D eigenvalue weighted by Gasteiger charge is -2.16. The average Bonchev–Trinajstić information content (AvgIpc) is 3.28. The SMILES string of the molecule is COc1cc(Cl)c(-n2c(=O)[nH]c3ccc(Cl)nc32)cc1OCc1c(OC)ccc(F)c1F.O=[N+]([O-])c1ccc(Cl)nc1Cl. The normalized spacial score (nSPS) is 10.7. The standard InChI is InChI=1S/C21H15Cl2F2N3O4.C5H2Cl2N2O2/c1-30-15-5-3-12(24)19(25)10(15)9-32-17-8-14(11(22)7-16(17)31-2)28-20-13(26-21(28)29)4-6-18(23)27-20;6-4-2-1-3(9(10)11)5(7)8-4/h3-8H,9H2,1-2H3,(H,26,29);1-2H. The number of benzene rings is 2. The van der Waals surface area contributed by atoms with Gasteiger partial charge < -0.3 is 19.2 Å². The van der Waals surface area contributed by atoms with E-state index in [9.17, 15) is 23.7 Å². The summed E-state index contributed by atoms with van der Waals surface area (Å²) in [5.41, 5.74) is 0.0456. The van der Waals surface area contributed by atoms with Gasteiger partial charge in [-0.05, 0) is 30.3 Å². The number of pyridine rings is 2. The van der Waals surface area contributed by atoms with Crippen molar-refractivity contribution in [3.05, 3.63) is 107 Å². The predicted molar refractivity (Wildman–Crippen MR) is 156 cm³/mol. The Kier molecular flexibility index (Phi) is 9.91. The Balaban J connectivity index is 0.000000324. The first kappa shape index (κ1) is 31.8. The second-order valence-electron chi connectivity index (χ2n) is 8.26. The summed E-state index contributed by atoms with van der Waals surface area (Å²) in [5, 5.41) is 10.5. The lowest BCUT2D eigenvalue weighted by molar-refractivity contribution is -0.385. The fraction of sp³-hybridized carbons (Fsp3) is 0.115. The molecular weight excluding hydrogens is 658 g/mol. The molecule has 5 aromatic rings. The quantitative estimate of drug-likeness (QED) is 0.109. The Hall–Kier alpha value is -4.17. The maximum Gasteiger partial charge on any atom is 0.332 e. The molecule has 17 heteroatoms. The first-order valence-corrected chi connectivity index (χ1v) is 13.2. The van der Waals surface area contributed by atoms with Crippen molar-refractivity contribution in [3.8, 4) is 22.9 Å². The highest BCUT2D eigenvalue weighted by Gasteiger charge is 2.20. The van der Waals surface area contributed by atoms with Crippen LogP contribution in [0.25, 0.3) is 16.9 Å². The second-order valence-corrected chi connectivity index (χ2v) is 9.80. The monoisotopic (exact) mass is 673 g/mol. The van der Waals surface area contributed by atoms with Crippen molar-refractivity contribution < 1.29 is 27.9 Å². The molecule has 0 aliphatic heterocycles. The Morgan fingerprint density at radius 1 is 0.930 bits per heavy atom. The Bertz CT molecular complexity index is 1900. The smallest absolute Gasteiger partial charge is 0.332 e. The number of imidazole rings is 1. The zero-order valence-electron chi connectivity index (χ0n) is 21.8. The molecule has 0 atom stereocenters. The number of hydrogen-bond acceptors (Lipinski definition) is 8. The summed E-state index contributed by atoms with van der Waals surface area (Å²) in [6.07, 6.45) is 0. The number of rotatable bonds is 7. The summed E-state index contributed by atoms with van der Waals surface area (Å²) in [7, 11) is 2.72. The van der Waals surface area contributed by atoms with E-state index in [-0.39, 0.29) is 66.9 Å². The fourth-order valence-electron chi connectivity index (χ4n) is 3.74. The summed E-state index contributed by atoms with van der Waals surface area (Å²) in [4.78, 5) is 32.5.